The lowest BCUT2D eigenvalue weighted by Crippen LogP contribution is -2.11. The molecule has 0 bridgehead atoms. The Labute approximate surface area is 173 Å². The number of hydrogen-bond acceptors (Lipinski definition) is 4. The Bertz CT molecular complexity index is 1190. The Morgan fingerprint density at radius 3 is 2.53 bits per heavy atom. The molecule has 4 rings (SSSR count). The fourth-order valence-electron chi connectivity index (χ4n) is 2.86. The van der Waals surface area contributed by atoms with Gasteiger partial charge in [0.1, 0.15) is 17.9 Å². The maximum absolute atomic E-state index is 13.5. The molecular weight excluding hydrogens is 381 g/mol. The van der Waals surface area contributed by atoms with Gasteiger partial charge in [0.05, 0.1) is 5.69 Å². The van der Waals surface area contributed by atoms with Crippen LogP contribution in [0, 0.1) is 12.7 Å². The highest BCUT2D eigenvalue weighted by Crippen LogP contribution is 2.25. The van der Waals surface area contributed by atoms with E-state index in [1.165, 1.54) is 18.5 Å². The Kier molecular flexibility index (Phi) is 5.48. The molecule has 0 fully saturated rings. The molecule has 0 unspecified atom stereocenters. The van der Waals surface area contributed by atoms with E-state index in [-0.39, 0.29) is 11.7 Å². The standard InChI is InChI=1S/C24H18FN3O2/c1-16-8-10-20(11-9-16)28-24(29)18-5-3-7-21(13-18)30-23-14-22(26-15-27-23)17-4-2-6-19(25)12-17/h2-15H,1H3,(H,28,29). The smallest absolute Gasteiger partial charge is 0.255 e. The maximum Gasteiger partial charge on any atom is 0.255 e. The van der Waals surface area contributed by atoms with Gasteiger partial charge in [-0.15, -0.1) is 0 Å². The molecule has 3 aromatic carbocycles. The number of anilines is 1. The lowest BCUT2D eigenvalue weighted by atomic mass is 10.1. The number of benzene rings is 3. The lowest BCUT2D eigenvalue weighted by Gasteiger charge is -2.09. The predicted molar refractivity (Wildman–Crippen MR) is 113 cm³/mol. The van der Waals surface area contributed by atoms with Gasteiger partial charge in [-0.1, -0.05) is 35.9 Å². The Hall–Kier alpha value is -4.06. The number of aromatic nitrogens is 2. The van der Waals surface area contributed by atoms with Gasteiger partial charge in [0.25, 0.3) is 5.91 Å². The lowest BCUT2D eigenvalue weighted by molar-refractivity contribution is 0.102. The quantitative estimate of drug-likeness (QED) is 0.472. The van der Waals surface area contributed by atoms with E-state index >= 15 is 0 Å². The first-order valence-electron chi connectivity index (χ1n) is 9.31. The second kappa shape index (κ2) is 8.53. The van der Waals surface area contributed by atoms with Crippen molar-refractivity contribution in [2.45, 2.75) is 6.92 Å². The molecule has 0 atom stereocenters. The molecule has 4 aromatic rings. The average molecular weight is 399 g/mol. The van der Waals surface area contributed by atoms with E-state index in [4.69, 9.17) is 4.74 Å². The molecule has 0 saturated heterocycles. The van der Waals surface area contributed by atoms with Crippen molar-refractivity contribution in [3.8, 4) is 22.9 Å². The van der Waals surface area contributed by atoms with Crippen molar-refractivity contribution in [2.24, 2.45) is 0 Å². The normalized spacial score (nSPS) is 10.5. The van der Waals surface area contributed by atoms with E-state index in [1.54, 1.807) is 42.5 Å². The summed E-state index contributed by atoms with van der Waals surface area (Å²) in [5, 5.41) is 2.86. The number of hydrogen-bond donors (Lipinski definition) is 1. The summed E-state index contributed by atoms with van der Waals surface area (Å²) in [6, 6.07) is 22.1. The molecule has 30 heavy (non-hydrogen) atoms. The average Bonchev–Trinajstić information content (AvgIpc) is 2.76. The van der Waals surface area contributed by atoms with Crippen molar-refractivity contribution in [3.05, 3.63) is 102 Å². The van der Waals surface area contributed by atoms with Crippen LogP contribution in [0.2, 0.25) is 0 Å². The molecule has 0 spiro atoms. The number of carbonyl (C=O) groups is 1. The number of nitrogens with zero attached hydrogens (tertiary/aromatic N) is 2. The van der Waals surface area contributed by atoms with Crippen molar-refractivity contribution >= 4 is 11.6 Å². The zero-order chi connectivity index (χ0) is 20.9. The van der Waals surface area contributed by atoms with Crippen LogP contribution in [0.25, 0.3) is 11.3 Å². The molecule has 0 aliphatic rings. The van der Waals surface area contributed by atoms with Gasteiger partial charge in [-0.3, -0.25) is 4.79 Å². The van der Waals surface area contributed by atoms with Crippen LogP contribution < -0.4 is 10.1 Å². The van der Waals surface area contributed by atoms with Crippen molar-refractivity contribution in [1.29, 1.82) is 0 Å². The molecule has 5 nitrogen and oxygen atoms in total. The summed E-state index contributed by atoms with van der Waals surface area (Å²) in [6.45, 7) is 1.99. The van der Waals surface area contributed by atoms with Crippen LogP contribution >= 0.6 is 0 Å². The van der Waals surface area contributed by atoms with Crippen molar-refractivity contribution < 1.29 is 13.9 Å². The third kappa shape index (κ3) is 4.67. The van der Waals surface area contributed by atoms with Crippen molar-refractivity contribution in [3.63, 3.8) is 0 Å². The molecule has 1 heterocycles. The summed E-state index contributed by atoms with van der Waals surface area (Å²) < 4.78 is 19.3. The number of ether oxygens (including phenoxy) is 1. The van der Waals surface area contributed by atoms with Gasteiger partial charge in [0.2, 0.25) is 5.88 Å². The fraction of sp³-hybridized carbons (Fsp3) is 0.0417. The van der Waals surface area contributed by atoms with E-state index in [1.807, 2.05) is 31.2 Å². The van der Waals surface area contributed by atoms with Gasteiger partial charge in [0.15, 0.2) is 0 Å². The third-order valence-corrected chi connectivity index (χ3v) is 4.39. The van der Waals surface area contributed by atoms with Crippen LogP contribution in [0.15, 0.2) is 85.2 Å². The van der Waals surface area contributed by atoms with Crippen LogP contribution in [-0.2, 0) is 0 Å². The van der Waals surface area contributed by atoms with Crippen LogP contribution in [-0.4, -0.2) is 15.9 Å². The van der Waals surface area contributed by atoms with Crippen LogP contribution in [0.3, 0.4) is 0 Å². The molecule has 0 aliphatic heterocycles. The summed E-state index contributed by atoms with van der Waals surface area (Å²) >= 11 is 0. The van der Waals surface area contributed by atoms with E-state index in [0.29, 0.717) is 34.1 Å². The van der Waals surface area contributed by atoms with Gasteiger partial charge < -0.3 is 10.1 Å². The van der Waals surface area contributed by atoms with E-state index in [0.717, 1.165) is 5.56 Å². The summed E-state index contributed by atoms with van der Waals surface area (Å²) in [6.07, 6.45) is 1.35. The molecule has 0 aliphatic carbocycles. The van der Waals surface area contributed by atoms with Gasteiger partial charge in [-0.2, -0.15) is 0 Å². The minimum absolute atomic E-state index is 0.243. The van der Waals surface area contributed by atoms with Crippen molar-refractivity contribution in [1.82, 2.24) is 9.97 Å². The molecule has 148 valence electrons. The first-order valence-corrected chi connectivity index (χ1v) is 9.31. The molecule has 6 heteroatoms. The fourth-order valence-corrected chi connectivity index (χ4v) is 2.86. The zero-order valence-electron chi connectivity index (χ0n) is 16.2. The second-order valence-electron chi connectivity index (χ2n) is 6.70. The number of carbonyl (C=O) groups excluding carboxylic acids is 1. The minimum Gasteiger partial charge on any atom is -0.439 e. The maximum atomic E-state index is 13.5. The Balaban J connectivity index is 1.51. The highest BCUT2D eigenvalue weighted by atomic mass is 19.1. The molecular formula is C24H18FN3O2. The largest absolute Gasteiger partial charge is 0.439 e. The third-order valence-electron chi connectivity index (χ3n) is 4.39. The summed E-state index contributed by atoms with van der Waals surface area (Å²) in [7, 11) is 0. The topological polar surface area (TPSA) is 64.1 Å². The summed E-state index contributed by atoms with van der Waals surface area (Å²) in [5.74, 6) is 0.157. The van der Waals surface area contributed by atoms with Crippen LogP contribution in [0.5, 0.6) is 11.6 Å². The summed E-state index contributed by atoms with van der Waals surface area (Å²) in [4.78, 5) is 20.8. The van der Waals surface area contributed by atoms with Gasteiger partial charge in [-0.05, 0) is 49.4 Å². The number of aryl methyl sites for hydroxylation is 1. The van der Waals surface area contributed by atoms with E-state index < -0.39 is 0 Å². The predicted octanol–water partition coefficient (Wildman–Crippen LogP) is 5.64. The van der Waals surface area contributed by atoms with Gasteiger partial charge >= 0.3 is 0 Å². The Morgan fingerprint density at radius 2 is 1.73 bits per heavy atom. The molecule has 1 amide bonds. The molecule has 1 aromatic heterocycles. The zero-order valence-corrected chi connectivity index (χ0v) is 16.2. The number of nitrogens with one attached hydrogen (secondary N) is 1. The summed E-state index contributed by atoms with van der Waals surface area (Å²) in [5.41, 5.74) is 3.44. The second-order valence-corrected chi connectivity index (χ2v) is 6.70. The molecule has 0 saturated carbocycles. The molecule has 1 N–H and O–H groups in total. The molecule has 0 radical (unpaired) electrons. The number of amides is 1. The Morgan fingerprint density at radius 1 is 0.933 bits per heavy atom. The van der Waals surface area contributed by atoms with Gasteiger partial charge in [-0.25, -0.2) is 14.4 Å². The first kappa shape index (κ1) is 19.3. The van der Waals surface area contributed by atoms with E-state index in [2.05, 4.69) is 15.3 Å². The SMILES string of the molecule is Cc1ccc(NC(=O)c2cccc(Oc3cc(-c4cccc(F)c4)ncn3)c2)cc1. The van der Waals surface area contributed by atoms with Gasteiger partial charge in [0, 0.05) is 22.9 Å². The van der Waals surface area contributed by atoms with E-state index in [9.17, 15) is 9.18 Å². The monoisotopic (exact) mass is 399 g/mol. The highest BCUT2D eigenvalue weighted by molar-refractivity contribution is 6.04. The highest BCUT2D eigenvalue weighted by Gasteiger charge is 2.09. The number of halogens is 1. The number of rotatable bonds is 5. The van der Waals surface area contributed by atoms with Crippen LogP contribution in [0.1, 0.15) is 15.9 Å². The van der Waals surface area contributed by atoms with Crippen LogP contribution in [0.4, 0.5) is 10.1 Å². The first-order chi connectivity index (χ1) is 14.6. The minimum atomic E-state index is -0.346. The van der Waals surface area contributed by atoms with Crippen molar-refractivity contribution in [2.75, 3.05) is 5.32 Å².